The van der Waals surface area contributed by atoms with Gasteiger partial charge in [0, 0.05) is 25.2 Å². The first-order valence-corrected chi connectivity index (χ1v) is 17.9. The molecule has 0 bridgehead atoms. The lowest BCUT2D eigenvalue weighted by atomic mass is 9.89. The topological polar surface area (TPSA) is 99.3 Å². The normalized spacial score (nSPS) is 23.4. The van der Waals surface area contributed by atoms with Gasteiger partial charge in [0.2, 0.25) is 17.7 Å². The number of amides is 3. The summed E-state index contributed by atoms with van der Waals surface area (Å²) in [6, 6.07) is 6.45. The molecular formula is C38H58N4O5. The van der Waals surface area contributed by atoms with Gasteiger partial charge in [-0.05, 0) is 95.2 Å². The van der Waals surface area contributed by atoms with Crippen LogP contribution in [-0.4, -0.2) is 88.7 Å². The number of benzene rings is 1. The number of esters is 1. The molecule has 2 unspecified atom stereocenters. The van der Waals surface area contributed by atoms with Crippen LogP contribution < -0.4 is 5.32 Å². The summed E-state index contributed by atoms with van der Waals surface area (Å²) < 4.78 is 6.05. The second kappa shape index (κ2) is 16.3. The minimum absolute atomic E-state index is 0.00991. The van der Waals surface area contributed by atoms with E-state index in [4.69, 9.17) is 4.74 Å². The van der Waals surface area contributed by atoms with Crippen LogP contribution in [0.1, 0.15) is 111 Å². The van der Waals surface area contributed by atoms with Crippen molar-refractivity contribution in [3.05, 3.63) is 47.0 Å². The number of carbonyl (C=O) groups excluding carboxylic acids is 4. The average Bonchev–Trinajstić information content (AvgIpc) is 3.55. The van der Waals surface area contributed by atoms with Crippen molar-refractivity contribution < 1.29 is 23.9 Å². The van der Waals surface area contributed by atoms with Crippen LogP contribution in [0.2, 0.25) is 0 Å². The lowest BCUT2D eigenvalue weighted by Crippen LogP contribution is -2.58. The molecule has 1 N–H and O–H groups in total. The van der Waals surface area contributed by atoms with E-state index in [0.29, 0.717) is 18.5 Å². The second-order valence-electron chi connectivity index (χ2n) is 14.8. The predicted octanol–water partition coefficient (Wildman–Crippen LogP) is 5.43. The molecule has 3 aliphatic rings. The number of hydrogen-bond acceptors (Lipinski definition) is 6. The Balaban J connectivity index is 1.45. The molecule has 0 radical (unpaired) electrons. The lowest BCUT2D eigenvalue weighted by molar-refractivity contribution is -0.158. The van der Waals surface area contributed by atoms with Gasteiger partial charge >= 0.3 is 5.97 Å². The van der Waals surface area contributed by atoms with E-state index in [9.17, 15) is 19.2 Å². The summed E-state index contributed by atoms with van der Waals surface area (Å²) in [5.41, 5.74) is 2.78. The van der Waals surface area contributed by atoms with E-state index in [1.165, 1.54) is 5.56 Å². The predicted molar refractivity (Wildman–Crippen MR) is 184 cm³/mol. The van der Waals surface area contributed by atoms with E-state index < -0.39 is 12.1 Å². The highest BCUT2D eigenvalue weighted by atomic mass is 16.5. The summed E-state index contributed by atoms with van der Waals surface area (Å²) in [7, 11) is 1.75. The van der Waals surface area contributed by atoms with Gasteiger partial charge in [0.1, 0.15) is 18.2 Å². The molecule has 0 saturated carbocycles. The van der Waals surface area contributed by atoms with Crippen LogP contribution in [0.3, 0.4) is 0 Å². The first kappa shape index (κ1) is 36.6. The maximum atomic E-state index is 14.0. The van der Waals surface area contributed by atoms with Gasteiger partial charge in [-0.15, -0.1) is 0 Å². The fourth-order valence-electron chi connectivity index (χ4n) is 7.59. The SMILES string of the molecule is CC(=CC(C(C)C)N(C)C(=O)[C@@H](NC(=O)[C@H]1CCCCN1C(C)C)C(C)C)C(=O)N1CCC[C@H]1C(=O)OC1CCCc2ccccc21. The number of carbonyl (C=O) groups is 4. The monoisotopic (exact) mass is 650 g/mol. The molecule has 2 heterocycles. The molecule has 2 fully saturated rings. The molecule has 2 saturated heterocycles. The van der Waals surface area contributed by atoms with Crippen LogP contribution in [0.15, 0.2) is 35.9 Å². The number of hydrogen-bond donors (Lipinski definition) is 1. The fourth-order valence-corrected chi connectivity index (χ4v) is 7.59. The zero-order valence-corrected chi connectivity index (χ0v) is 30.0. The summed E-state index contributed by atoms with van der Waals surface area (Å²) in [6.45, 7) is 15.3. The number of fused-ring (bicyclic) bond motifs is 1. The Morgan fingerprint density at radius 1 is 0.894 bits per heavy atom. The number of likely N-dealkylation sites (tertiary alicyclic amines) is 2. The van der Waals surface area contributed by atoms with Crippen LogP contribution in [0.5, 0.6) is 0 Å². The highest BCUT2D eigenvalue weighted by Gasteiger charge is 2.39. The molecule has 4 rings (SSSR count). The van der Waals surface area contributed by atoms with Crippen molar-refractivity contribution >= 4 is 23.7 Å². The Labute approximate surface area is 282 Å². The van der Waals surface area contributed by atoms with E-state index in [2.05, 4.69) is 30.1 Å². The Kier molecular flexibility index (Phi) is 12.7. The number of aryl methyl sites for hydroxylation is 1. The molecule has 5 atom stereocenters. The third-order valence-corrected chi connectivity index (χ3v) is 10.3. The minimum Gasteiger partial charge on any atom is -0.456 e. The van der Waals surface area contributed by atoms with Gasteiger partial charge in [0.25, 0.3) is 0 Å². The van der Waals surface area contributed by atoms with Gasteiger partial charge in [0.15, 0.2) is 0 Å². The molecule has 2 aliphatic heterocycles. The van der Waals surface area contributed by atoms with Crippen LogP contribution in [0.4, 0.5) is 0 Å². The van der Waals surface area contributed by atoms with Gasteiger partial charge in [0.05, 0.1) is 12.1 Å². The number of ether oxygens (including phenoxy) is 1. The molecule has 0 spiro atoms. The van der Waals surface area contributed by atoms with Gasteiger partial charge in [-0.2, -0.15) is 0 Å². The van der Waals surface area contributed by atoms with Gasteiger partial charge in [-0.1, -0.05) is 64.5 Å². The van der Waals surface area contributed by atoms with Crippen molar-refractivity contribution in [1.82, 2.24) is 20.0 Å². The molecule has 1 aromatic carbocycles. The lowest BCUT2D eigenvalue weighted by Gasteiger charge is -2.39. The third kappa shape index (κ3) is 8.64. The Morgan fingerprint density at radius 2 is 1.60 bits per heavy atom. The van der Waals surface area contributed by atoms with E-state index in [0.717, 1.165) is 57.1 Å². The fraction of sp³-hybridized carbons (Fsp3) is 0.684. The summed E-state index contributed by atoms with van der Waals surface area (Å²) in [5.74, 6) is -0.925. The van der Waals surface area contributed by atoms with Crippen molar-refractivity contribution in [3.63, 3.8) is 0 Å². The van der Waals surface area contributed by atoms with Crippen molar-refractivity contribution in [2.24, 2.45) is 11.8 Å². The van der Waals surface area contributed by atoms with Gasteiger partial charge in [-0.25, -0.2) is 4.79 Å². The number of nitrogens with zero attached hydrogens (tertiary/aromatic N) is 3. The van der Waals surface area contributed by atoms with Crippen molar-refractivity contribution in [2.45, 2.75) is 136 Å². The van der Waals surface area contributed by atoms with E-state index in [-0.39, 0.29) is 59.8 Å². The first-order valence-electron chi connectivity index (χ1n) is 17.9. The van der Waals surface area contributed by atoms with Crippen LogP contribution >= 0.6 is 0 Å². The van der Waals surface area contributed by atoms with Crippen molar-refractivity contribution in [3.8, 4) is 0 Å². The quantitative estimate of drug-likeness (QED) is 0.253. The second-order valence-corrected chi connectivity index (χ2v) is 14.8. The van der Waals surface area contributed by atoms with Crippen molar-refractivity contribution in [2.75, 3.05) is 20.1 Å². The van der Waals surface area contributed by atoms with E-state index in [1.807, 2.05) is 52.0 Å². The van der Waals surface area contributed by atoms with Crippen LogP contribution in [0.25, 0.3) is 0 Å². The standard InChI is InChI=1S/C38H58N4O5/c1-24(2)32(40(8)37(45)34(25(3)4)39-35(43)30-18-11-12-21-41(30)26(5)6)23-27(7)36(44)42-22-14-19-31(42)38(46)47-33-20-13-16-28-15-9-10-17-29(28)33/h9-10,15,17,23-26,30-34H,11-14,16,18-22H2,1-8H3,(H,39,43)/t30-,31+,32?,33?,34+/m1/s1. The smallest absolute Gasteiger partial charge is 0.329 e. The molecule has 9 heteroatoms. The highest BCUT2D eigenvalue weighted by Crippen LogP contribution is 2.34. The molecule has 47 heavy (non-hydrogen) atoms. The average molecular weight is 651 g/mol. The van der Waals surface area contributed by atoms with Crippen molar-refractivity contribution in [1.29, 1.82) is 0 Å². The largest absolute Gasteiger partial charge is 0.456 e. The zero-order chi connectivity index (χ0) is 34.4. The molecule has 1 aromatic rings. The van der Waals surface area contributed by atoms with Gasteiger partial charge < -0.3 is 19.9 Å². The maximum absolute atomic E-state index is 14.0. The Hall–Kier alpha value is -3.20. The third-order valence-electron chi connectivity index (χ3n) is 10.3. The van der Waals surface area contributed by atoms with Crippen LogP contribution in [0, 0.1) is 11.8 Å². The summed E-state index contributed by atoms with van der Waals surface area (Å²) in [6.07, 6.45) is 8.47. The Bertz CT molecular complexity index is 1310. The van der Waals surface area contributed by atoms with E-state index in [1.54, 1.807) is 23.8 Å². The molecular weight excluding hydrogens is 592 g/mol. The molecule has 260 valence electrons. The summed E-state index contributed by atoms with van der Waals surface area (Å²) >= 11 is 0. The summed E-state index contributed by atoms with van der Waals surface area (Å²) in [4.78, 5) is 60.4. The zero-order valence-electron chi connectivity index (χ0n) is 30.0. The number of nitrogens with one attached hydrogen (secondary N) is 1. The maximum Gasteiger partial charge on any atom is 0.329 e. The number of likely N-dealkylation sites (N-methyl/N-ethyl adjacent to an activating group) is 1. The van der Waals surface area contributed by atoms with Gasteiger partial charge in [-0.3, -0.25) is 19.3 Å². The molecule has 9 nitrogen and oxygen atoms in total. The highest BCUT2D eigenvalue weighted by molar-refractivity contribution is 5.96. The number of piperidine rings is 1. The van der Waals surface area contributed by atoms with E-state index >= 15 is 0 Å². The minimum atomic E-state index is -0.684. The Morgan fingerprint density at radius 3 is 2.28 bits per heavy atom. The number of rotatable bonds is 11. The molecule has 3 amide bonds. The first-order chi connectivity index (χ1) is 22.3. The van der Waals surface area contributed by atoms with Crippen LogP contribution in [-0.2, 0) is 30.3 Å². The summed E-state index contributed by atoms with van der Waals surface area (Å²) in [5, 5.41) is 3.11. The molecule has 1 aliphatic carbocycles. The molecule has 0 aromatic heterocycles.